The molecule has 3 heteroatoms. The quantitative estimate of drug-likeness (QED) is 0.849. The van der Waals surface area contributed by atoms with Gasteiger partial charge >= 0.3 is 0 Å². The summed E-state index contributed by atoms with van der Waals surface area (Å²) >= 11 is 0. The van der Waals surface area contributed by atoms with Gasteiger partial charge in [-0.3, -0.25) is 4.79 Å². The molecular formula is C14H20N2O. The number of anilines is 1. The highest BCUT2D eigenvalue weighted by Crippen LogP contribution is 2.23. The van der Waals surface area contributed by atoms with Gasteiger partial charge in [0, 0.05) is 30.9 Å². The first-order chi connectivity index (χ1) is 8.09. The van der Waals surface area contributed by atoms with E-state index in [4.69, 9.17) is 0 Å². The Hall–Kier alpha value is -1.51. The third-order valence-corrected chi connectivity index (χ3v) is 3.39. The highest BCUT2D eigenvalue weighted by atomic mass is 16.2. The summed E-state index contributed by atoms with van der Waals surface area (Å²) in [6.45, 7) is 5.09. The molecule has 17 heavy (non-hydrogen) atoms. The predicted octanol–water partition coefficient (Wildman–Crippen LogP) is 2.53. The summed E-state index contributed by atoms with van der Waals surface area (Å²) in [6, 6.07) is 6.20. The Morgan fingerprint density at radius 1 is 1.41 bits per heavy atom. The van der Waals surface area contributed by atoms with Crippen molar-refractivity contribution in [2.24, 2.45) is 0 Å². The van der Waals surface area contributed by atoms with Gasteiger partial charge in [-0.05, 0) is 50.5 Å². The van der Waals surface area contributed by atoms with E-state index >= 15 is 0 Å². The molecule has 1 aliphatic rings. The van der Waals surface area contributed by atoms with E-state index in [1.54, 1.807) is 4.90 Å². The van der Waals surface area contributed by atoms with Crippen LogP contribution in [0.4, 0.5) is 5.69 Å². The van der Waals surface area contributed by atoms with Crippen LogP contribution in [0.15, 0.2) is 18.2 Å². The van der Waals surface area contributed by atoms with E-state index in [0.29, 0.717) is 0 Å². The number of fused-ring (bicyclic) bond motifs is 1. The normalized spacial score (nSPS) is 14.1. The van der Waals surface area contributed by atoms with Crippen LogP contribution in [0, 0.1) is 0 Å². The van der Waals surface area contributed by atoms with Crippen LogP contribution in [0.1, 0.15) is 36.2 Å². The largest absolute Gasteiger partial charge is 0.385 e. The first kappa shape index (κ1) is 12.0. The van der Waals surface area contributed by atoms with Crippen LogP contribution in [-0.4, -0.2) is 30.4 Å². The van der Waals surface area contributed by atoms with Crippen molar-refractivity contribution in [3.05, 3.63) is 29.3 Å². The molecule has 0 aromatic heterocycles. The molecule has 0 aliphatic carbocycles. The summed E-state index contributed by atoms with van der Waals surface area (Å²) in [6.07, 6.45) is 2.21. The topological polar surface area (TPSA) is 32.3 Å². The fourth-order valence-corrected chi connectivity index (χ4v) is 2.05. The Labute approximate surface area is 103 Å². The van der Waals surface area contributed by atoms with Crippen LogP contribution in [0.3, 0.4) is 0 Å². The van der Waals surface area contributed by atoms with Crippen molar-refractivity contribution in [2.75, 3.05) is 18.9 Å². The number of nitrogens with zero attached hydrogens (tertiary/aromatic N) is 1. The van der Waals surface area contributed by atoms with Gasteiger partial charge in [-0.2, -0.15) is 0 Å². The van der Waals surface area contributed by atoms with Crippen LogP contribution < -0.4 is 5.32 Å². The third kappa shape index (κ3) is 2.43. The summed E-state index contributed by atoms with van der Waals surface area (Å²) < 4.78 is 0. The van der Waals surface area contributed by atoms with Crippen molar-refractivity contribution < 1.29 is 4.79 Å². The van der Waals surface area contributed by atoms with Crippen molar-refractivity contribution in [1.29, 1.82) is 0 Å². The van der Waals surface area contributed by atoms with Gasteiger partial charge in [0.25, 0.3) is 5.91 Å². The molecule has 0 spiro atoms. The van der Waals surface area contributed by atoms with Crippen LogP contribution in [0.25, 0.3) is 0 Å². The molecular weight excluding hydrogens is 212 g/mol. The smallest absolute Gasteiger partial charge is 0.253 e. The maximum atomic E-state index is 12.2. The second kappa shape index (κ2) is 4.78. The minimum Gasteiger partial charge on any atom is -0.385 e. The van der Waals surface area contributed by atoms with E-state index in [1.165, 1.54) is 11.3 Å². The highest BCUT2D eigenvalue weighted by Gasteiger charge is 2.16. The standard InChI is InChI=1S/C14H20N2O/c1-10(2)16(3)14(17)12-6-7-13-11(9-12)5-4-8-15-13/h6-7,9-10,15H,4-5,8H2,1-3H3. The zero-order valence-corrected chi connectivity index (χ0v) is 10.8. The zero-order valence-electron chi connectivity index (χ0n) is 10.8. The van der Waals surface area contributed by atoms with Crippen molar-refractivity contribution in [2.45, 2.75) is 32.7 Å². The summed E-state index contributed by atoms with van der Waals surface area (Å²) in [7, 11) is 1.85. The van der Waals surface area contributed by atoms with Crippen molar-refractivity contribution in [3.8, 4) is 0 Å². The van der Waals surface area contributed by atoms with E-state index in [9.17, 15) is 4.79 Å². The Bertz CT molecular complexity index is 426. The fraction of sp³-hybridized carbons (Fsp3) is 0.500. The van der Waals surface area contributed by atoms with Gasteiger partial charge in [-0.15, -0.1) is 0 Å². The molecule has 92 valence electrons. The molecule has 1 N–H and O–H groups in total. The third-order valence-electron chi connectivity index (χ3n) is 3.39. The van der Waals surface area contributed by atoms with Gasteiger partial charge in [0.15, 0.2) is 0 Å². The molecule has 1 aliphatic heterocycles. The molecule has 0 unspecified atom stereocenters. The maximum absolute atomic E-state index is 12.2. The number of nitrogens with one attached hydrogen (secondary N) is 1. The molecule has 0 fully saturated rings. The number of amides is 1. The van der Waals surface area contributed by atoms with Gasteiger partial charge in [0.05, 0.1) is 0 Å². The average Bonchev–Trinajstić information content (AvgIpc) is 2.36. The van der Waals surface area contributed by atoms with E-state index in [2.05, 4.69) is 5.32 Å². The number of hydrogen-bond donors (Lipinski definition) is 1. The number of benzene rings is 1. The van der Waals surface area contributed by atoms with Gasteiger partial charge in [-0.25, -0.2) is 0 Å². The van der Waals surface area contributed by atoms with Crippen molar-refractivity contribution in [3.63, 3.8) is 0 Å². The molecule has 0 saturated heterocycles. The second-order valence-electron chi connectivity index (χ2n) is 4.91. The maximum Gasteiger partial charge on any atom is 0.253 e. The first-order valence-corrected chi connectivity index (χ1v) is 6.23. The second-order valence-corrected chi connectivity index (χ2v) is 4.91. The summed E-state index contributed by atoms with van der Waals surface area (Å²) in [5, 5.41) is 3.36. The minimum atomic E-state index is 0.105. The van der Waals surface area contributed by atoms with Gasteiger partial charge in [0.2, 0.25) is 0 Å². The lowest BCUT2D eigenvalue weighted by atomic mass is 10.0. The Balaban J connectivity index is 2.25. The monoisotopic (exact) mass is 232 g/mol. The number of carbonyl (C=O) groups excluding carboxylic acids is 1. The van der Waals surface area contributed by atoms with Crippen LogP contribution in [0.5, 0.6) is 0 Å². The van der Waals surface area contributed by atoms with Crippen LogP contribution in [-0.2, 0) is 6.42 Å². The van der Waals surface area contributed by atoms with Crippen molar-refractivity contribution >= 4 is 11.6 Å². The fourth-order valence-electron chi connectivity index (χ4n) is 2.05. The van der Waals surface area contributed by atoms with Gasteiger partial charge < -0.3 is 10.2 Å². The molecule has 0 radical (unpaired) electrons. The molecule has 3 nitrogen and oxygen atoms in total. The molecule has 1 aromatic rings. The SMILES string of the molecule is CC(C)N(C)C(=O)c1ccc2c(c1)CCCN2. The van der Waals surface area contributed by atoms with Gasteiger partial charge in [-0.1, -0.05) is 0 Å². The van der Waals surface area contributed by atoms with Gasteiger partial charge in [0.1, 0.15) is 0 Å². The zero-order chi connectivity index (χ0) is 12.4. The van der Waals surface area contributed by atoms with E-state index < -0.39 is 0 Å². The van der Waals surface area contributed by atoms with E-state index in [0.717, 1.165) is 24.9 Å². The number of aryl methyl sites for hydroxylation is 1. The van der Waals surface area contributed by atoms with Crippen molar-refractivity contribution in [1.82, 2.24) is 4.90 Å². The molecule has 0 atom stereocenters. The molecule has 1 aromatic carbocycles. The average molecular weight is 232 g/mol. The Morgan fingerprint density at radius 2 is 2.18 bits per heavy atom. The predicted molar refractivity (Wildman–Crippen MR) is 70.5 cm³/mol. The molecule has 0 bridgehead atoms. The lowest BCUT2D eigenvalue weighted by Gasteiger charge is -2.23. The Morgan fingerprint density at radius 3 is 2.88 bits per heavy atom. The van der Waals surface area contributed by atoms with Crippen LogP contribution in [0.2, 0.25) is 0 Å². The molecule has 2 rings (SSSR count). The summed E-state index contributed by atoms with van der Waals surface area (Å²) in [5.74, 6) is 0.105. The highest BCUT2D eigenvalue weighted by molar-refractivity contribution is 5.95. The minimum absolute atomic E-state index is 0.105. The number of hydrogen-bond acceptors (Lipinski definition) is 2. The lowest BCUT2D eigenvalue weighted by molar-refractivity contribution is 0.0755. The number of rotatable bonds is 2. The lowest BCUT2D eigenvalue weighted by Crippen LogP contribution is -2.33. The number of carbonyl (C=O) groups is 1. The van der Waals surface area contributed by atoms with Crippen LogP contribution >= 0.6 is 0 Å². The first-order valence-electron chi connectivity index (χ1n) is 6.23. The summed E-state index contributed by atoms with van der Waals surface area (Å²) in [5.41, 5.74) is 3.24. The molecule has 1 heterocycles. The molecule has 0 saturated carbocycles. The molecule has 1 amide bonds. The van der Waals surface area contributed by atoms with E-state index in [1.807, 2.05) is 39.1 Å². The Kier molecular flexibility index (Phi) is 3.36. The van der Waals surface area contributed by atoms with E-state index in [-0.39, 0.29) is 11.9 Å². The summed E-state index contributed by atoms with van der Waals surface area (Å²) in [4.78, 5) is 14.0.